The fourth-order valence-electron chi connectivity index (χ4n) is 4.26. The lowest BCUT2D eigenvalue weighted by atomic mass is 9.89. The Kier molecular flexibility index (Phi) is 8.37. The van der Waals surface area contributed by atoms with Crippen LogP contribution >= 0.6 is 11.6 Å². The van der Waals surface area contributed by atoms with Crippen molar-refractivity contribution in [2.45, 2.75) is 18.8 Å². The van der Waals surface area contributed by atoms with Gasteiger partial charge in [0.25, 0.3) is 11.8 Å². The normalized spacial score (nSPS) is 15.4. The Labute approximate surface area is 219 Å². The molecule has 2 aromatic carbocycles. The first kappa shape index (κ1) is 26.1. The highest BCUT2D eigenvalue weighted by atomic mass is 35.5. The van der Waals surface area contributed by atoms with Crippen LogP contribution in [-0.4, -0.2) is 59.4 Å². The average molecular weight is 522 g/mol. The predicted molar refractivity (Wildman–Crippen MR) is 142 cm³/mol. The zero-order chi connectivity index (χ0) is 26.4. The van der Waals surface area contributed by atoms with Crippen LogP contribution in [0, 0.1) is 0 Å². The van der Waals surface area contributed by atoms with Crippen molar-refractivity contribution in [3.8, 4) is 5.75 Å². The van der Waals surface area contributed by atoms with Crippen LogP contribution in [0.4, 0.5) is 11.5 Å². The molecule has 192 valence electrons. The Balaban J connectivity index is 1.47. The molecular formula is C27H28ClN5O4. The van der Waals surface area contributed by atoms with Crippen LogP contribution in [0.1, 0.15) is 45.0 Å². The Morgan fingerprint density at radius 2 is 1.86 bits per heavy atom. The Bertz CT molecular complexity index is 1280. The van der Waals surface area contributed by atoms with E-state index in [9.17, 15) is 19.5 Å². The van der Waals surface area contributed by atoms with Crippen molar-refractivity contribution < 1.29 is 19.5 Å². The number of likely N-dealkylation sites (tertiary alicyclic amines) is 1. The van der Waals surface area contributed by atoms with Crippen molar-refractivity contribution in [2.24, 2.45) is 0 Å². The number of phenolic OH excluding ortho intramolecular Hbond substituents is 1. The first-order valence-electron chi connectivity index (χ1n) is 12.0. The zero-order valence-electron chi connectivity index (χ0n) is 20.3. The van der Waals surface area contributed by atoms with Gasteiger partial charge in [-0.05, 0) is 61.9 Å². The average Bonchev–Trinajstić information content (AvgIpc) is 2.90. The van der Waals surface area contributed by atoms with Gasteiger partial charge < -0.3 is 26.0 Å². The third kappa shape index (κ3) is 6.25. The van der Waals surface area contributed by atoms with Crippen molar-refractivity contribution in [2.75, 3.05) is 37.3 Å². The van der Waals surface area contributed by atoms with Gasteiger partial charge in [-0.2, -0.15) is 0 Å². The van der Waals surface area contributed by atoms with E-state index in [1.54, 1.807) is 36.4 Å². The number of para-hydroxylation sites is 1. The second-order valence-corrected chi connectivity index (χ2v) is 9.15. The number of amides is 3. The molecule has 1 aromatic heterocycles. The topological polar surface area (TPSA) is 124 Å². The van der Waals surface area contributed by atoms with Gasteiger partial charge in [0.15, 0.2) is 0 Å². The molecule has 1 aliphatic rings. The SMILES string of the molecule is CNCCN1CCCC(c2ccc(C(=O)Nc3c(O)cccc3C(=O)Nc3ccc(Cl)cn3)cc2)C1=O. The number of carbonyl (C=O) groups excluding carboxylic acids is 3. The molecule has 1 atom stereocenters. The number of aromatic nitrogens is 1. The number of anilines is 2. The van der Waals surface area contributed by atoms with E-state index in [1.165, 1.54) is 24.4 Å². The van der Waals surface area contributed by atoms with Crippen molar-refractivity contribution in [3.05, 3.63) is 82.5 Å². The first-order valence-corrected chi connectivity index (χ1v) is 12.3. The van der Waals surface area contributed by atoms with Crippen LogP contribution in [0.2, 0.25) is 5.02 Å². The summed E-state index contributed by atoms with van der Waals surface area (Å²) in [6.07, 6.45) is 3.08. The maximum absolute atomic E-state index is 13.0. The van der Waals surface area contributed by atoms with E-state index in [0.717, 1.165) is 31.5 Å². The summed E-state index contributed by atoms with van der Waals surface area (Å²) in [5, 5.41) is 19.1. The highest BCUT2D eigenvalue weighted by Gasteiger charge is 2.29. The van der Waals surface area contributed by atoms with Gasteiger partial charge in [0.1, 0.15) is 11.6 Å². The monoisotopic (exact) mass is 521 g/mol. The Morgan fingerprint density at radius 3 is 2.57 bits per heavy atom. The predicted octanol–water partition coefficient (Wildman–Crippen LogP) is 3.87. The number of piperidine rings is 1. The Hall–Kier alpha value is -3.95. The first-order chi connectivity index (χ1) is 17.9. The van der Waals surface area contributed by atoms with E-state index in [4.69, 9.17) is 11.6 Å². The molecule has 10 heteroatoms. The van der Waals surface area contributed by atoms with Crippen molar-refractivity contribution in [1.29, 1.82) is 0 Å². The summed E-state index contributed by atoms with van der Waals surface area (Å²) < 4.78 is 0. The summed E-state index contributed by atoms with van der Waals surface area (Å²) in [7, 11) is 1.86. The molecule has 0 radical (unpaired) electrons. The van der Waals surface area contributed by atoms with Gasteiger partial charge in [0, 0.05) is 31.4 Å². The fourth-order valence-corrected chi connectivity index (χ4v) is 4.38. The minimum Gasteiger partial charge on any atom is -0.506 e. The third-order valence-corrected chi connectivity index (χ3v) is 6.46. The number of halogens is 1. The smallest absolute Gasteiger partial charge is 0.259 e. The van der Waals surface area contributed by atoms with Gasteiger partial charge in [-0.3, -0.25) is 14.4 Å². The molecule has 2 heterocycles. The lowest BCUT2D eigenvalue weighted by Crippen LogP contribution is -2.43. The summed E-state index contributed by atoms with van der Waals surface area (Å²) in [4.78, 5) is 44.7. The minimum absolute atomic E-state index is 0.0225. The molecule has 4 rings (SSSR count). The molecule has 0 aliphatic carbocycles. The Morgan fingerprint density at radius 1 is 1.08 bits per heavy atom. The van der Waals surface area contributed by atoms with E-state index >= 15 is 0 Å². The van der Waals surface area contributed by atoms with E-state index in [1.807, 2.05) is 11.9 Å². The summed E-state index contributed by atoms with van der Waals surface area (Å²) >= 11 is 5.84. The molecule has 37 heavy (non-hydrogen) atoms. The van der Waals surface area contributed by atoms with E-state index in [2.05, 4.69) is 20.9 Å². The molecule has 1 fully saturated rings. The summed E-state index contributed by atoms with van der Waals surface area (Å²) in [6.45, 7) is 2.15. The maximum Gasteiger partial charge on any atom is 0.259 e. The van der Waals surface area contributed by atoms with E-state index in [0.29, 0.717) is 17.1 Å². The number of pyridine rings is 1. The number of carbonyl (C=O) groups is 3. The van der Waals surface area contributed by atoms with Gasteiger partial charge in [-0.1, -0.05) is 29.8 Å². The highest BCUT2D eigenvalue weighted by molar-refractivity contribution is 6.30. The van der Waals surface area contributed by atoms with Crippen LogP contribution in [0.3, 0.4) is 0 Å². The zero-order valence-corrected chi connectivity index (χ0v) is 21.1. The van der Waals surface area contributed by atoms with E-state index in [-0.39, 0.29) is 34.6 Å². The molecule has 1 unspecified atom stereocenters. The largest absolute Gasteiger partial charge is 0.506 e. The molecule has 3 aromatic rings. The lowest BCUT2D eigenvalue weighted by molar-refractivity contribution is -0.135. The van der Waals surface area contributed by atoms with Crippen molar-refractivity contribution in [1.82, 2.24) is 15.2 Å². The summed E-state index contributed by atoms with van der Waals surface area (Å²) in [5.74, 6) is -1.19. The fraction of sp³-hybridized carbons (Fsp3) is 0.259. The van der Waals surface area contributed by atoms with Crippen molar-refractivity contribution >= 4 is 40.8 Å². The van der Waals surface area contributed by atoms with Gasteiger partial charge in [-0.15, -0.1) is 0 Å². The molecule has 1 saturated heterocycles. The van der Waals surface area contributed by atoms with Gasteiger partial charge in [0.2, 0.25) is 5.91 Å². The number of hydrogen-bond acceptors (Lipinski definition) is 6. The number of aromatic hydroxyl groups is 1. The molecule has 3 amide bonds. The number of rotatable bonds is 8. The van der Waals surface area contributed by atoms with Gasteiger partial charge in [0.05, 0.1) is 22.2 Å². The molecule has 0 bridgehead atoms. The van der Waals surface area contributed by atoms with Gasteiger partial charge in [-0.25, -0.2) is 4.98 Å². The standard InChI is InChI=1S/C27H28ClN5O4/c1-29-13-15-33-14-3-5-20(27(33)37)17-7-9-18(10-8-17)25(35)32-24-21(4-2-6-22(24)34)26(36)31-23-12-11-19(28)16-30-23/h2,4,6-12,16,20,29,34H,3,5,13-15H2,1H3,(H,32,35)(H,30,31,36). The van der Waals surface area contributed by atoms with Crippen molar-refractivity contribution in [3.63, 3.8) is 0 Å². The molecule has 0 saturated carbocycles. The van der Waals surface area contributed by atoms with Crippen LogP contribution in [0.5, 0.6) is 5.75 Å². The summed E-state index contributed by atoms with van der Waals surface area (Å²) in [6, 6.07) is 14.3. The van der Waals surface area contributed by atoms with Crippen LogP contribution in [0.15, 0.2) is 60.8 Å². The molecule has 0 spiro atoms. The van der Waals surface area contributed by atoms with Crippen LogP contribution in [-0.2, 0) is 4.79 Å². The maximum atomic E-state index is 13.0. The number of hydrogen-bond donors (Lipinski definition) is 4. The lowest BCUT2D eigenvalue weighted by Gasteiger charge is -2.32. The van der Waals surface area contributed by atoms with Crippen LogP contribution < -0.4 is 16.0 Å². The second-order valence-electron chi connectivity index (χ2n) is 8.72. The number of likely N-dealkylation sites (N-methyl/N-ethyl adjacent to an activating group) is 1. The number of nitrogens with zero attached hydrogens (tertiary/aromatic N) is 2. The van der Waals surface area contributed by atoms with Gasteiger partial charge >= 0.3 is 0 Å². The molecule has 4 N–H and O–H groups in total. The summed E-state index contributed by atoms with van der Waals surface area (Å²) in [5.41, 5.74) is 1.23. The van der Waals surface area contributed by atoms with E-state index < -0.39 is 11.8 Å². The number of benzene rings is 2. The molecular weight excluding hydrogens is 494 g/mol. The quantitative estimate of drug-likeness (QED) is 0.334. The minimum atomic E-state index is -0.560. The third-order valence-electron chi connectivity index (χ3n) is 6.23. The molecule has 9 nitrogen and oxygen atoms in total. The number of phenols is 1. The molecule has 1 aliphatic heterocycles. The number of nitrogens with one attached hydrogen (secondary N) is 3. The highest BCUT2D eigenvalue weighted by Crippen LogP contribution is 2.30. The van der Waals surface area contributed by atoms with Crippen LogP contribution in [0.25, 0.3) is 0 Å². The second kappa shape index (κ2) is 11.9.